The first-order valence-corrected chi connectivity index (χ1v) is 13.1. The largest absolute Gasteiger partial charge is 0.497 e. The first-order valence-electron chi connectivity index (χ1n) is 13.1. The fraction of sp³-hybridized carbons (Fsp3) is 0.281. The lowest BCUT2D eigenvalue weighted by Gasteiger charge is -2.27. The fourth-order valence-electron chi connectivity index (χ4n) is 4.62. The molecule has 6 heteroatoms. The summed E-state index contributed by atoms with van der Waals surface area (Å²) in [5, 5.41) is 10.9. The number of pyridine rings is 1. The first kappa shape index (κ1) is 27.0. The van der Waals surface area contributed by atoms with Crippen LogP contribution in [0.3, 0.4) is 0 Å². The molecule has 198 valence electrons. The monoisotopic (exact) mass is 514 g/mol. The molecular formula is C32H35FN2O3. The van der Waals surface area contributed by atoms with Crippen molar-refractivity contribution >= 4 is 11.4 Å². The predicted molar refractivity (Wildman–Crippen MR) is 151 cm³/mol. The zero-order valence-corrected chi connectivity index (χ0v) is 22.2. The zero-order valence-electron chi connectivity index (χ0n) is 22.2. The number of nitrogens with zero attached hydrogens (tertiary/aromatic N) is 2. The van der Waals surface area contributed by atoms with Gasteiger partial charge < -0.3 is 14.7 Å². The normalized spacial score (nSPS) is 11.8. The van der Waals surface area contributed by atoms with Crippen LogP contribution in [0.25, 0.3) is 0 Å². The molecule has 0 fully saturated rings. The molecule has 1 aromatic heterocycles. The van der Waals surface area contributed by atoms with Crippen LogP contribution in [0.4, 0.5) is 15.8 Å². The second-order valence-electron chi connectivity index (χ2n) is 9.65. The van der Waals surface area contributed by atoms with Crippen molar-refractivity contribution in [3.8, 4) is 11.6 Å². The van der Waals surface area contributed by atoms with E-state index in [2.05, 4.69) is 43.0 Å². The van der Waals surface area contributed by atoms with Gasteiger partial charge in [0.1, 0.15) is 11.6 Å². The van der Waals surface area contributed by atoms with Gasteiger partial charge in [-0.2, -0.15) is 0 Å². The Morgan fingerprint density at radius 3 is 2.18 bits per heavy atom. The molecule has 0 aliphatic heterocycles. The molecule has 0 saturated heterocycles. The molecular weight excluding hydrogens is 479 g/mol. The molecule has 0 radical (unpaired) electrons. The number of methoxy groups -OCH3 is 1. The minimum atomic E-state index is -0.282. The van der Waals surface area contributed by atoms with Gasteiger partial charge in [-0.3, -0.25) is 9.36 Å². The van der Waals surface area contributed by atoms with E-state index >= 15 is 0 Å². The summed E-state index contributed by atoms with van der Waals surface area (Å²) in [4.78, 5) is 15.2. The average molecular weight is 515 g/mol. The summed E-state index contributed by atoms with van der Waals surface area (Å²) in [5.41, 5.74) is 4.49. The van der Waals surface area contributed by atoms with E-state index in [0.29, 0.717) is 12.2 Å². The van der Waals surface area contributed by atoms with E-state index in [9.17, 15) is 14.3 Å². The van der Waals surface area contributed by atoms with Gasteiger partial charge >= 0.3 is 0 Å². The maximum absolute atomic E-state index is 13.4. The number of aromatic hydroxyl groups is 1. The van der Waals surface area contributed by atoms with E-state index in [0.717, 1.165) is 41.8 Å². The minimum absolute atomic E-state index is 0.0949. The fourth-order valence-corrected chi connectivity index (χ4v) is 4.62. The molecule has 5 nitrogen and oxygen atoms in total. The van der Waals surface area contributed by atoms with Crippen molar-refractivity contribution in [2.24, 2.45) is 0 Å². The number of benzene rings is 3. The Balaban J connectivity index is 1.62. The number of aryl methyl sites for hydroxylation is 1. The van der Waals surface area contributed by atoms with Gasteiger partial charge in [0.2, 0.25) is 0 Å². The number of hydrogen-bond acceptors (Lipinski definition) is 4. The SMILES string of the molecule is CCCc1ccc(N(CCC(C)c2ccc(F)cc2)c2cc(O)n(Cc3ccc(OC)cc3)c(=O)c2)cc1. The summed E-state index contributed by atoms with van der Waals surface area (Å²) in [6, 6.07) is 25.6. The molecule has 0 aliphatic carbocycles. The molecule has 4 rings (SSSR count). The van der Waals surface area contributed by atoms with Gasteiger partial charge in [0, 0.05) is 24.4 Å². The van der Waals surface area contributed by atoms with Gasteiger partial charge in [0.25, 0.3) is 5.56 Å². The van der Waals surface area contributed by atoms with Crippen molar-refractivity contribution in [2.45, 2.75) is 45.6 Å². The molecule has 38 heavy (non-hydrogen) atoms. The third-order valence-electron chi connectivity index (χ3n) is 6.91. The molecule has 1 heterocycles. The van der Waals surface area contributed by atoms with Crippen LogP contribution in [0.5, 0.6) is 11.6 Å². The Morgan fingerprint density at radius 1 is 0.921 bits per heavy atom. The van der Waals surface area contributed by atoms with Crippen LogP contribution < -0.4 is 15.2 Å². The van der Waals surface area contributed by atoms with E-state index in [-0.39, 0.29) is 29.7 Å². The van der Waals surface area contributed by atoms with E-state index < -0.39 is 0 Å². The van der Waals surface area contributed by atoms with Crippen LogP contribution in [-0.2, 0) is 13.0 Å². The average Bonchev–Trinajstić information content (AvgIpc) is 2.92. The Bertz CT molecular complexity index is 1380. The van der Waals surface area contributed by atoms with E-state index in [1.165, 1.54) is 22.3 Å². The number of halogens is 1. The molecule has 1 unspecified atom stereocenters. The van der Waals surface area contributed by atoms with Crippen LogP contribution in [0.1, 0.15) is 49.3 Å². The highest BCUT2D eigenvalue weighted by molar-refractivity contribution is 5.64. The van der Waals surface area contributed by atoms with Crippen LogP contribution in [-0.4, -0.2) is 23.3 Å². The van der Waals surface area contributed by atoms with Gasteiger partial charge in [-0.1, -0.05) is 56.7 Å². The number of rotatable bonds is 11. The zero-order chi connectivity index (χ0) is 27.1. The smallest absolute Gasteiger partial charge is 0.255 e. The summed E-state index contributed by atoms with van der Waals surface area (Å²) in [7, 11) is 1.60. The second kappa shape index (κ2) is 12.5. The lowest BCUT2D eigenvalue weighted by molar-refractivity contribution is 0.412. The molecule has 1 N–H and O–H groups in total. The second-order valence-corrected chi connectivity index (χ2v) is 9.65. The number of anilines is 2. The van der Waals surface area contributed by atoms with Crippen molar-refractivity contribution in [3.63, 3.8) is 0 Å². The van der Waals surface area contributed by atoms with Gasteiger partial charge in [0.15, 0.2) is 5.88 Å². The van der Waals surface area contributed by atoms with E-state index in [1.807, 2.05) is 36.4 Å². The molecule has 4 aromatic rings. The molecule has 0 amide bonds. The standard InChI is InChI=1S/C32H35FN2O3/c1-4-5-24-6-14-28(15-7-24)34(19-18-23(2)26-10-12-27(33)13-11-26)29-20-31(36)35(32(37)21-29)22-25-8-16-30(38-3)17-9-25/h6-17,20-21,23,36H,4-5,18-19,22H2,1-3H3. The number of aromatic nitrogens is 1. The highest BCUT2D eigenvalue weighted by Crippen LogP contribution is 2.30. The number of hydrogen-bond donors (Lipinski definition) is 1. The Hall–Kier alpha value is -4.06. The maximum Gasteiger partial charge on any atom is 0.255 e. The van der Waals surface area contributed by atoms with E-state index in [1.54, 1.807) is 19.2 Å². The topological polar surface area (TPSA) is 54.7 Å². The summed E-state index contributed by atoms with van der Waals surface area (Å²) in [6.45, 7) is 5.14. The Kier molecular flexibility index (Phi) is 8.85. The molecule has 1 atom stereocenters. The molecule has 3 aromatic carbocycles. The third kappa shape index (κ3) is 6.62. The third-order valence-corrected chi connectivity index (χ3v) is 6.91. The van der Waals surface area contributed by atoms with Gasteiger partial charge in [-0.25, -0.2) is 4.39 Å². The molecule has 0 saturated carbocycles. The molecule has 0 aliphatic rings. The summed E-state index contributed by atoms with van der Waals surface area (Å²) >= 11 is 0. The van der Waals surface area contributed by atoms with Crippen molar-refractivity contribution in [2.75, 3.05) is 18.6 Å². The lowest BCUT2D eigenvalue weighted by Crippen LogP contribution is -2.25. The predicted octanol–water partition coefficient (Wildman–Crippen LogP) is 7.03. The maximum atomic E-state index is 13.4. The van der Waals surface area contributed by atoms with Gasteiger partial charge in [-0.15, -0.1) is 0 Å². The highest BCUT2D eigenvalue weighted by Gasteiger charge is 2.16. The van der Waals surface area contributed by atoms with Crippen LogP contribution >= 0.6 is 0 Å². The number of ether oxygens (including phenoxy) is 1. The van der Waals surface area contributed by atoms with Crippen LogP contribution in [0.15, 0.2) is 89.7 Å². The highest BCUT2D eigenvalue weighted by atomic mass is 19.1. The van der Waals surface area contributed by atoms with Crippen LogP contribution in [0.2, 0.25) is 0 Å². The van der Waals surface area contributed by atoms with Crippen molar-refractivity contribution in [3.05, 3.63) is 118 Å². The lowest BCUT2D eigenvalue weighted by atomic mass is 9.97. The van der Waals surface area contributed by atoms with Crippen molar-refractivity contribution in [1.82, 2.24) is 4.57 Å². The molecule has 0 bridgehead atoms. The van der Waals surface area contributed by atoms with Crippen molar-refractivity contribution < 1.29 is 14.2 Å². The minimum Gasteiger partial charge on any atom is -0.497 e. The summed E-state index contributed by atoms with van der Waals surface area (Å²) in [6.07, 6.45) is 2.85. The Morgan fingerprint density at radius 2 is 1.58 bits per heavy atom. The van der Waals surface area contributed by atoms with Crippen molar-refractivity contribution in [1.29, 1.82) is 0 Å². The van der Waals surface area contributed by atoms with E-state index in [4.69, 9.17) is 4.74 Å². The summed E-state index contributed by atoms with van der Waals surface area (Å²) in [5.74, 6) is 0.570. The van der Waals surface area contributed by atoms with Crippen LogP contribution in [0, 0.1) is 5.82 Å². The summed E-state index contributed by atoms with van der Waals surface area (Å²) < 4.78 is 20.0. The first-order chi connectivity index (χ1) is 18.4. The van der Waals surface area contributed by atoms with Gasteiger partial charge in [-0.05, 0) is 71.8 Å². The quantitative estimate of drug-likeness (QED) is 0.233. The molecule has 0 spiro atoms. The van der Waals surface area contributed by atoms with Gasteiger partial charge in [0.05, 0.1) is 19.3 Å². The Labute approximate surface area is 223 Å².